The lowest BCUT2D eigenvalue weighted by Crippen LogP contribution is -2.29. The summed E-state index contributed by atoms with van der Waals surface area (Å²) in [5.41, 5.74) is 11.3. The van der Waals surface area contributed by atoms with Gasteiger partial charge >= 0.3 is 0 Å². The van der Waals surface area contributed by atoms with Gasteiger partial charge < -0.3 is 11.1 Å². The number of benzene rings is 2. The van der Waals surface area contributed by atoms with E-state index < -0.39 is 6.04 Å². The van der Waals surface area contributed by atoms with Gasteiger partial charge in [-0.2, -0.15) is 5.10 Å². The van der Waals surface area contributed by atoms with Crippen molar-refractivity contribution in [1.29, 1.82) is 0 Å². The summed E-state index contributed by atoms with van der Waals surface area (Å²) < 4.78 is 5.37. The fourth-order valence-corrected chi connectivity index (χ4v) is 4.58. The molecule has 186 valence electrons. The first-order valence-corrected chi connectivity index (χ1v) is 12.1. The van der Waals surface area contributed by atoms with Gasteiger partial charge in [-0.15, -0.1) is 5.10 Å². The van der Waals surface area contributed by atoms with Crippen molar-refractivity contribution in [2.45, 2.75) is 13.0 Å². The number of hydrogen-bond donors (Lipinski definition) is 2. The van der Waals surface area contributed by atoms with E-state index in [1.165, 1.54) is 0 Å². The summed E-state index contributed by atoms with van der Waals surface area (Å²) in [5.74, 6) is 7.01. The first-order valence-electron chi connectivity index (χ1n) is 12.1. The molecule has 0 aliphatic heterocycles. The van der Waals surface area contributed by atoms with Gasteiger partial charge in [0.15, 0.2) is 5.82 Å². The molecule has 6 rings (SSSR count). The number of nitrogens with two attached hydrogens (primary N) is 1. The lowest BCUT2D eigenvalue weighted by molar-refractivity contribution is 0.0940. The SMILES string of the molecule is C[C@H](NC(=O)c1c(N)nn2ccccc12)c1nc2cccc(C#Cc3cnn(C)c3)c2n1-c1ccccc1. The number of amides is 1. The van der Waals surface area contributed by atoms with Gasteiger partial charge in [-0.05, 0) is 43.3 Å². The average molecular weight is 501 g/mol. The Balaban J connectivity index is 1.45. The molecule has 1 amide bonds. The second-order valence-electron chi connectivity index (χ2n) is 8.95. The lowest BCUT2D eigenvalue weighted by Gasteiger charge is -2.17. The molecule has 0 aliphatic carbocycles. The fraction of sp³-hybridized carbons (Fsp3) is 0.103. The Morgan fingerprint density at radius 3 is 2.63 bits per heavy atom. The van der Waals surface area contributed by atoms with Crippen LogP contribution in [0.5, 0.6) is 0 Å². The van der Waals surface area contributed by atoms with Gasteiger partial charge in [-0.3, -0.25) is 14.0 Å². The molecule has 0 unspecified atom stereocenters. The zero-order valence-corrected chi connectivity index (χ0v) is 20.8. The molecular formula is C29H24N8O. The third-order valence-electron chi connectivity index (χ3n) is 6.29. The first kappa shape index (κ1) is 23.1. The number of hydrogen-bond acceptors (Lipinski definition) is 5. The van der Waals surface area contributed by atoms with Crippen LogP contribution in [0.1, 0.15) is 40.3 Å². The quantitative estimate of drug-likeness (QED) is 0.357. The van der Waals surface area contributed by atoms with Crippen LogP contribution >= 0.6 is 0 Å². The monoisotopic (exact) mass is 500 g/mol. The normalized spacial score (nSPS) is 11.8. The summed E-state index contributed by atoms with van der Waals surface area (Å²) in [5, 5.41) is 11.5. The number of nitrogens with one attached hydrogen (secondary N) is 1. The molecule has 0 saturated carbocycles. The van der Waals surface area contributed by atoms with Crippen molar-refractivity contribution < 1.29 is 4.79 Å². The zero-order valence-electron chi connectivity index (χ0n) is 20.8. The molecule has 3 N–H and O–H groups in total. The van der Waals surface area contributed by atoms with E-state index in [-0.39, 0.29) is 11.7 Å². The van der Waals surface area contributed by atoms with Crippen molar-refractivity contribution in [2.24, 2.45) is 7.05 Å². The number of anilines is 1. The summed E-state index contributed by atoms with van der Waals surface area (Å²) in [4.78, 5) is 18.3. The largest absolute Gasteiger partial charge is 0.382 e. The number of fused-ring (bicyclic) bond motifs is 2. The molecule has 1 atom stereocenters. The Bertz CT molecular complexity index is 1870. The second kappa shape index (κ2) is 9.26. The number of carbonyl (C=O) groups excluding carboxylic acids is 1. The lowest BCUT2D eigenvalue weighted by atomic mass is 10.1. The van der Waals surface area contributed by atoms with Crippen LogP contribution < -0.4 is 11.1 Å². The zero-order chi connectivity index (χ0) is 26.2. The molecule has 0 bridgehead atoms. The van der Waals surface area contributed by atoms with Crippen molar-refractivity contribution in [2.75, 3.05) is 5.73 Å². The molecule has 0 spiro atoms. The van der Waals surface area contributed by atoms with Gasteiger partial charge in [0, 0.05) is 25.1 Å². The Morgan fingerprint density at radius 1 is 1.03 bits per heavy atom. The van der Waals surface area contributed by atoms with Gasteiger partial charge in [0.2, 0.25) is 0 Å². The molecule has 0 radical (unpaired) electrons. The summed E-state index contributed by atoms with van der Waals surface area (Å²) in [6, 6.07) is 20.8. The van der Waals surface area contributed by atoms with Gasteiger partial charge in [-0.25, -0.2) is 9.50 Å². The van der Waals surface area contributed by atoms with Crippen molar-refractivity contribution in [3.05, 3.63) is 108 Å². The smallest absolute Gasteiger partial charge is 0.257 e. The van der Waals surface area contributed by atoms with Crippen molar-refractivity contribution in [3.63, 3.8) is 0 Å². The number of para-hydroxylation sites is 2. The number of nitrogens with zero attached hydrogens (tertiary/aromatic N) is 6. The maximum Gasteiger partial charge on any atom is 0.257 e. The molecule has 9 heteroatoms. The molecule has 4 heterocycles. The van der Waals surface area contributed by atoms with E-state index in [0.29, 0.717) is 16.9 Å². The fourth-order valence-electron chi connectivity index (χ4n) is 4.58. The third-order valence-corrected chi connectivity index (χ3v) is 6.29. The highest BCUT2D eigenvalue weighted by Crippen LogP contribution is 2.28. The van der Waals surface area contributed by atoms with E-state index >= 15 is 0 Å². The molecule has 0 fully saturated rings. The maximum atomic E-state index is 13.4. The number of rotatable bonds is 4. The van der Waals surface area contributed by atoms with E-state index in [2.05, 4.69) is 27.4 Å². The molecule has 0 aliphatic rings. The van der Waals surface area contributed by atoms with Crippen LogP contribution in [0, 0.1) is 11.8 Å². The van der Waals surface area contributed by atoms with Crippen LogP contribution in [0.4, 0.5) is 5.82 Å². The van der Waals surface area contributed by atoms with Crippen LogP contribution in [-0.2, 0) is 7.05 Å². The predicted molar refractivity (Wildman–Crippen MR) is 146 cm³/mol. The molecule has 9 nitrogen and oxygen atoms in total. The number of imidazole rings is 1. The van der Waals surface area contributed by atoms with Crippen LogP contribution in [-0.4, -0.2) is 34.9 Å². The van der Waals surface area contributed by atoms with Crippen LogP contribution in [0.15, 0.2) is 85.3 Å². The van der Waals surface area contributed by atoms with Crippen molar-refractivity contribution >= 4 is 28.3 Å². The Hall–Kier alpha value is -5.36. The van der Waals surface area contributed by atoms with E-state index in [1.807, 2.05) is 91.5 Å². The standard InChI is InChI=1S/C29H24N8O/c1-19(32-29(38)25-24-13-6-7-16-36(24)34-27(25)30)28-33-23-12-8-9-21(15-14-20-17-31-35(2)18-20)26(23)37(28)22-10-4-3-5-11-22/h3-13,16-19H,1-2H3,(H2,30,34)(H,32,38)/t19-/m0/s1. The molecule has 38 heavy (non-hydrogen) atoms. The highest BCUT2D eigenvalue weighted by Gasteiger charge is 2.24. The molecular weight excluding hydrogens is 476 g/mol. The van der Waals surface area contributed by atoms with Crippen LogP contribution in [0.25, 0.3) is 22.2 Å². The van der Waals surface area contributed by atoms with Gasteiger partial charge in [-0.1, -0.05) is 42.2 Å². The van der Waals surface area contributed by atoms with E-state index in [0.717, 1.165) is 27.8 Å². The average Bonchev–Trinajstić information content (AvgIpc) is 3.62. The minimum absolute atomic E-state index is 0.172. The summed E-state index contributed by atoms with van der Waals surface area (Å²) in [6.45, 7) is 1.90. The molecule has 2 aromatic carbocycles. The van der Waals surface area contributed by atoms with Crippen molar-refractivity contribution in [1.82, 2.24) is 34.3 Å². The molecule has 6 aromatic rings. The maximum absolute atomic E-state index is 13.4. The highest BCUT2D eigenvalue weighted by atomic mass is 16.1. The number of nitrogen functional groups attached to an aromatic ring is 1. The van der Waals surface area contributed by atoms with E-state index in [1.54, 1.807) is 21.6 Å². The number of carbonyl (C=O) groups is 1. The Kier molecular flexibility index (Phi) is 5.62. The summed E-state index contributed by atoms with van der Waals surface area (Å²) in [7, 11) is 1.86. The second-order valence-corrected chi connectivity index (χ2v) is 8.95. The molecule has 4 aromatic heterocycles. The number of aryl methyl sites for hydroxylation is 1. The molecule has 0 saturated heterocycles. The topological polar surface area (TPSA) is 108 Å². The number of pyridine rings is 1. The van der Waals surface area contributed by atoms with E-state index in [4.69, 9.17) is 10.7 Å². The minimum atomic E-state index is -0.452. The number of aromatic nitrogens is 6. The van der Waals surface area contributed by atoms with Crippen LogP contribution in [0.3, 0.4) is 0 Å². The third kappa shape index (κ3) is 4.04. The van der Waals surface area contributed by atoms with Gasteiger partial charge in [0.05, 0.1) is 39.9 Å². The van der Waals surface area contributed by atoms with E-state index in [9.17, 15) is 4.79 Å². The van der Waals surface area contributed by atoms with Gasteiger partial charge in [0.1, 0.15) is 11.4 Å². The van der Waals surface area contributed by atoms with Crippen LogP contribution in [0.2, 0.25) is 0 Å². The van der Waals surface area contributed by atoms with Gasteiger partial charge in [0.25, 0.3) is 5.91 Å². The van der Waals surface area contributed by atoms with Crippen molar-refractivity contribution in [3.8, 4) is 17.5 Å². The first-order chi connectivity index (χ1) is 18.5. The Morgan fingerprint density at radius 2 is 1.84 bits per heavy atom. The highest BCUT2D eigenvalue weighted by molar-refractivity contribution is 6.05. The minimum Gasteiger partial charge on any atom is -0.382 e. The summed E-state index contributed by atoms with van der Waals surface area (Å²) in [6.07, 6.45) is 5.36. The predicted octanol–water partition coefficient (Wildman–Crippen LogP) is 3.88. The summed E-state index contributed by atoms with van der Waals surface area (Å²) >= 11 is 0. The Labute approximate surface area is 218 Å².